The van der Waals surface area contributed by atoms with E-state index in [0.717, 1.165) is 70.6 Å². The van der Waals surface area contributed by atoms with Crippen LogP contribution in [0.2, 0.25) is 0 Å². The Hall–Kier alpha value is -1.81. The van der Waals surface area contributed by atoms with Crippen molar-refractivity contribution in [2.75, 3.05) is 26.4 Å². The van der Waals surface area contributed by atoms with E-state index in [2.05, 4.69) is 50.3 Å². The molecule has 0 saturated carbocycles. The second-order valence-electron chi connectivity index (χ2n) is 15.4. The molecule has 0 aromatic carbocycles. The lowest BCUT2D eigenvalue weighted by Crippen LogP contribution is -2.29. The summed E-state index contributed by atoms with van der Waals surface area (Å²) in [6.45, 7) is 2.35. The molecule has 11 heteroatoms. The Morgan fingerprint density at radius 1 is 0.526 bits per heavy atom. The lowest BCUT2D eigenvalue weighted by atomic mass is 10.1. The van der Waals surface area contributed by atoms with Gasteiger partial charge in [0.2, 0.25) is 0 Å². The predicted molar refractivity (Wildman–Crippen MR) is 233 cm³/mol. The van der Waals surface area contributed by atoms with Crippen LogP contribution in [0.25, 0.3) is 0 Å². The summed E-state index contributed by atoms with van der Waals surface area (Å²) < 4.78 is 32.7. The first-order chi connectivity index (χ1) is 27.7. The monoisotopic (exact) mass is 829 g/mol. The number of hydrogen-bond donors (Lipinski definition) is 3. The van der Waals surface area contributed by atoms with Crippen LogP contribution < -0.4 is 0 Å². The second kappa shape index (κ2) is 42.3. The Labute approximate surface area is 348 Å². The molecule has 3 N–H and O–H groups in total. The molecule has 0 aliphatic rings. The number of aliphatic hydroxyl groups excluding tert-OH is 2. The van der Waals surface area contributed by atoms with Gasteiger partial charge in [0.25, 0.3) is 0 Å². The highest BCUT2D eigenvalue weighted by molar-refractivity contribution is 7.47. The van der Waals surface area contributed by atoms with E-state index in [9.17, 15) is 24.2 Å². The van der Waals surface area contributed by atoms with Crippen LogP contribution in [0, 0.1) is 0 Å². The topological polar surface area (TPSA) is 149 Å². The Morgan fingerprint density at radius 2 is 0.912 bits per heavy atom. The van der Waals surface area contributed by atoms with Crippen molar-refractivity contribution < 1.29 is 47.8 Å². The molecular weight excluding hydrogens is 743 g/mol. The van der Waals surface area contributed by atoms with E-state index in [4.69, 9.17) is 23.6 Å². The van der Waals surface area contributed by atoms with Crippen molar-refractivity contribution in [1.82, 2.24) is 0 Å². The molecule has 0 saturated heterocycles. The Bertz CT molecular complexity index is 1050. The van der Waals surface area contributed by atoms with Crippen molar-refractivity contribution in [3.05, 3.63) is 36.5 Å². The third-order valence-corrected chi connectivity index (χ3v) is 10.7. The van der Waals surface area contributed by atoms with Crippen LogP contribution in [0.15, 0.2) is 36.5 Å². The SMILES string of the molecule is CCCCC/C=C\C/C=C\CCCCCCCC(=O)O[C@H](COC(=O)CCCCCCCCC/C=C\CCCCCCCCCC)COP(=O)(O)OC[C@@H](O)CO. The third kappa shape index (κ3) is 42.1. The maximum Gasteiger partial charge on any atom is 0.472 e. The molecule has 0 radical (unpaired) electrons. The van der Waals surface area contributed by atoms with Crippen molar-refractivity contribution in [3.63, 3.8) is 0 Å². The summed E-state index contributed by atoms with van der Waals surface area (Å²) >= 11 is 0. The molecule has 10 nitrogen and oxygen atoms in total. The number of carbonyl (C=O) groups is 2. The summed E-state index contributed by atoms with van der Waals surface area (Å²) in [6.07, 6.45) is 43.9. The Kier molecular flexibility index (Phi) is 41.0. The molecule has 0 fully saturated rings. The first-order valence-electron chi connectivity index (χ1n) is 22.9. The maximum absolute atomic E-state index is 12.6. The third-order valence-electron chi connectivity index (χ3n) is 9.77. The van der Waals surface area contributed by atoms with Gasteiger partial charge < -0.3 is 24.6 Å². The normalized spacial score (nSPS) is 14.1. The Balaban J connectivity index is 4.26. The van der Waals surface area contributed by atoms with Gasteiger partial charge in [0.15, 0.2) is 6.10 Å². The van der Waals surface area contributed by atoms with E-state index in [1.807, 2.05) is 0 Å². The highest BCUT2D eigenvalue weighted by atomic mass is 31.2. The molecular formula is C46H85O10P. The van der Waals surface area contributed by atoms with Crippen LogP contribution in [0.3, 0.4) is 0 Å². The average Bonchev–Trinajstić information content (AvgIpc) is 3.20. The van der Waals surface area contributed by atoms with Crippen molar-refractivity contribution in [2.45, 2.75) is 219 Å². The highest BCUT2D eigenvalue weighted by Crippen LogP contribution is 2.43. The summed E-state index contributed by atoms with van der Waals surface area (Å²) in [5, 5.41) is 18.3. The summed E-state index contributed by atoms with van der Waals surface area (Å²) in [7, 11) is -4.62. The number of unbranched alkanes of at least 4 members (excludes halogenated alkanes) is 23. The first kappa shape index (κ1) is 55.2. The quantitative estimate of drug-likeness (QED) is 0.0235. The minimum Gasteiger partial charge on any atom is -0.462 e. The molecule has 0 bridgehead atoms. The number of ether oxygens (including phenoxy) is 2. The van der Waals surface area contributed by atoms with Gasteiger partial charge in [-0.3, -0.25) is 18.6 Å². The number of phosphoric acid groups is 1. The molecule has 0 spiro atoms. The van der Waals surface area contributed by atoms with Gasteiger partial charge in [0, 0.05) is 12.8 Å². The zero-order valence-electron chi connectivity index (χ0n) is 36.3. The fourth-order valence-corrected chi connectivity index (χ4v) is 6.98. The first-order valence-corrected chi connectivity index (χ1v) is 24.4. The molecule has 0 aliphatic carbocycles. The van der Waals surface area contributed by atoms with Crippen LogP contribution in [0.1, 0.15) is 206 Å². The number of hydrogen-bond acceptors (Lipinski definition) is 9. The average molecular weight is 829 g/mol. The summed E-state index contributed by atoms with van der Waals surface area (Å²) in [5.41, 5.74) is 0. The number of aliphatic hydroxyl groups is 2. The standard InChI is InChI=1S/C46H85O10P/c1-3-5-7-9-11-13-15-17-19-20-21-22-24-25-27-29-31-33-35-37-45(49)53-41-44(42-55-57(51,52)54-40-43(48)39-47)56-46(50)38-36-34-32-30-28-26-23-18-16-14-12-10-8-6-4-2/h12,14,18,20-21,23,43-44,47-48H,3-11,13,15-17,19,22,24-42H2,1-2H3,(H,51,52)/b14-12-,21-20-,23-18-/t43-,44+/m0/s1. The lowest BCUT2D eigenvalue weighted by Gasteiger charge is -2.20. The minimum atomic E-state index is -4.62. The van der Waals surface area contributed by atoms with Gasteiger partial charge in [-0.25, -0.2) is 4.57 Å². The van der Waals surface area contributed by atoms with Gasteiger partial charge in [0.05, 0.1) is 19.8 Å². The van der Waals surface area contributed by atoms with Gasteiger partial charge in [0.1, 0.15) is 12.7 Å². The van der Waals surface area contributed by atoms with E-state index in [0.29, 0.717) is 12.8 Å². The van der Waals surface area contributed by atoms with Crippen LogP contribution in [0.4, 0.5) is 0 Å². The van der Waals surface area contributed by atoms with Crippen LogP contribution >= 0.6 is 7.82 Å². The van der Waals surface area contributed by atoms with E-state index < -0.39 is 51.8 Å². The van der Waals surface area contributed by atoms with Crippen molar-refractivity contribution in [1.29, 1.82) is 0 Å². The molecule has 3 atom stereocenters. The number of allylic oxidation sites excluding steroid dienone is 6. The molecule has 0 aromatic heterocycles. The molecule has 0 heterocycles. The van der Waals surface area contributed by atoms with Crippen molar-refractivity contribution >= 4 is 19.8 Å². The van der Waals surface area contributed by atoms with Gasteiger partial charge in [-0.2, -0.15) is 0 Å². The molecule has 0 rings (SSSR count). The molecule has 1 unspecified atom stereocenters. The summed E-state index contributed by atoms with van der Waals surface area (Å²) in [5.74, 6) is -0.942. The largest absolute Gasteiger partial charge is 0.472 e. The molecule has 334 valence electrons. The second-order valence-corrected chi connectivity index (χ2v) is 16.9. The van der Waals surface area contributed by atoms with Crippen molar-refractivity contribution in [2.24, 2.45) is 0 Å². The fraction of sp³-hybridized carbons (Fsp3) is 0.826. The lowest BCUT2D eigenvalue weighted by molar-refractivity contribution is -0.161. The maximum atomic E-state index is 12.6. The van der Waals surface area contributed by atoms with E-state index in [1.54, 1.807) is 0 Å². The number of esters is 2. The Morgan fingerprint density at radius 3 is 1.40 bits per heavy atom. The van der Waals surface area contributed by atoms with Crippen molar-refractivity contribution in [3.8, 4) is 0 Å². The van der Waals surface area contributed by atoms with E-state index >= 15 is 0 Å². The smallest absolute Gasteiger partial charge is 0.462 e. The van der Waals surface area contributed by atoms with E-state index in [1.165, 1.54) is 96.3 Å². The van der Waals surface area contributed by atoms with Crippen LogP contribution in [-0.4, -0.2) is 65.7 Å². The fourth-order valence-electron chi connectivity index (χ4n) is 6.19. The van der Waals surface area contributed by atoms with Gasteiger partial charge in [-0.1, -0.05) is 159 Å². The minimum absolute atomic E-state index is 0.168. The highest BCUT2D eigenvalue weighted by Gasteiger charge is 2.27. The van der Waals surface area contributed by atoms with Crippen LogP contribution in [-0.2, 0) is 32.7 Å². The molecule has 0 amide bonds. The van der Waals surface area contributed by atoms with Gasteiger partial charge >= 0.3 is 19.8 Å². The van der Waals surface area contributed by atoms with Crippen LogP contribution in [0.5, 0.6) is 0 Å². The zero-order valence-corrected chi connectivity index (χ0v) is 37.2. The zero-order chi connectivity index (χ0) is 41.9. The molecule has 57 heavy (non-hydrogen) atoms. The number of phosphoric ester groups is 1. The number of rotatable bonds is 43. The van der Waals surface area contributed by atoms with E-state index in [-0.39, 0.29) is 19.4 Å². The summed E-state index contributed by atoms with van der Waals surface area (Å²) in [4.78, 5) is 35.0. The van der Waals surface area contributed by atoms with Gasteiger partial charge in [-0.05, 0) is 70.6 Å². The predicted octanol–water partition coefficient (Wildman–Crippen LogP) is 12.3. The molecule has 0 aliphatic heterocycles. The molecule has 0 aromatic rings. The number of carbonyl (C=O) groups excluding carboxylic acids is 2. The van der Waals surface area contributed by atoms with Gasteiger partial charge in [-0.15, -0.1) is 0 Å². The summed E-state index contributed by atoms with van der Waals surface area (Å²) in [6, 6.07) is 0.